The zero-order chi connectivity index (χ0) is 20.4. The molecule has 3 aromatic rings. The van der Waals surface area contributed by atoms with Gasteiger partial charge in [-0.15, -0.1) is 0 Å². The van der Waals surface area contributed by atoms with Crippen LogP contribution in [-0.4, -0.2) is 15.7 Å². The first-order chi connectivity index (χ1) is 13.3. The number of aromatic nitrogens is 2. The molecule has 0 bridgehead atoms. The van der Waals surface area contributed by atoms with E-state index in [2.05, 4.69) is 10.4 Å². The van der Waals surface area contributed by atoms with Crippen LogP contribution in [0.1, 0.15) is 35.2 Å². The minimum Gasteiger partial charge on any atom is -0.324 e. The standard InChI is InChI=1S/C23H25N3O2/c1-14-6-9-20(17(4)12-14)24-23(28)18(5)26-22(27)11-10-21(25-26)19-8-7-15(2)16(3)13-19/h6-13,18H,1-5H3,(H,24,28)/t18-/m1/s1. The molecule has 1 N–H and O–H groups in total. The van der Waals surface area contributed by atoms with Crippen LogP contribution in [-0.2, 0) is 4.79 Å². The van der Waals surface area contributed by atoms with Gasteiger partial charge in [-0.25, -0.2) is 4.68 Å². The first-order valence-electron chi connectivity index (χ1n) is 9.32. The van der Waals surface area contributed by atoms with E-state index in [-0.39, 0.29) is 11.5 Å². The summed E-state index contributed by atoms with van der Waals surface area (Å²) < 4.78 is 1.24. The Morgan fingerprint density at radius 2 is 1.68 bits per heavy atom. The lowest BCUT2D eigenvalue weighted by molar-refractivity contribution is -0.119. The fraction of sp³-hybridized carbons (Fsp3) is 0.261. The van der Waals surface area contributed by atoms with Crippen molar-refractivity contribution in [2.75, 3.05) is 5.32 Å². The number of carbonyl (C=O) groups is 1. The van der Waals surface area contributed by atoms with Gasteiger partial charge in [0.25, 0.3) is 5.56 Å². The van der Waals surface area contributed by atoms with Gasteiger partial charge in [0, 0.05) is 17.3 Å². The van der Waals surface area contributed by atoms with Crippen molar-refractivity contribution in [3.8, 4) is 11.3 Å². The topological polar surface area (TPSA) is 64.0 Å². The second-order valence-electron chi connectivity index (χ2n) is 7.28. The van der Waals surface area contributed by atoms with Crippen molar-refractivity contribution in [3.63, 3.8) is 0 Å². The van der Waals surface area contributed by atoms with E-state index in [9.17, 15) is 9.59 Å². The van der Waals surface area contributed by atoms with Crippen LogP contribution in [0.3, 0.4) is 0 Å². The van der Waals surface area contributed by atoms with Crippen molar-refractivity contribution in [3.05, 3.63) is 81.1 Å². The molecule has 0 fully saturated rings. The summed E-state index contributed by atoms with van der Waals surface area (Å²) in [6.07, 6.45) is 0. The summed E-state index contributed by atoms with van der Waals surface area (Å²) in [6, 6.07) is 14.3. The summed E-state index contributed by atoms with van der Waals surface area (Å²) in [5.74, 6) is -0.279. The Labute approximate surface area is 165 Å². The number of aryl methyl sites for hydroxylation is 4. The predicted molar refractivity (Wildman–Crippen MR) is 113 cm³/mol. The Kier molecular flexibility index (Phi) is 5.45. The fourth-order valence-corrected chi connectivity index (χ4v) is 3.06. The van der Waals surface area contributed by atoms with Crippen LogP contribution in [0, 0.1) is 27.7 Å². The van der Waals surface area contributed by atoms with E-state index in [1.165, 1.54) is 16.3 Å². The number of benzene rings is 2. The van der Waals surface area contributed by atoms with Crippen molar-refractivity contribution in [1.82, 2.24) is 9.78 Å². The number of nitrogens with zero attached hydrogens (tertiary/aromatic N) is 2. The Morgan fingerprint density at radius 3 is 2.36 bits per heavy atom. The molecule has 0 aliphatic carbocycles. The second kappa shape index (κ2) is 7.80. The average Bonchev–Trinajstić information content (AvgIpc) is 2.66. The molecule has 144 valence electrons. The monoisotopic (exact) mass is 375 g/mol. The Hall–Kier alpha value is -3.21. The van der Waals surface area contributed by atoms with Gasteiger partial charge in [0.1, 0.15) is 6.04 Å². The summed E-state index contributed by atoms with van der Waals surface area (Å²) >= 11 is 0. The van der Waals surface area contributed by atoms with Gasteiger partial charge in [-0.3, -0.25) is 9.59 Å². The van der Waals surface area contributed by atoms with Crippen LogP contribution in [0.5, 0.6) is 0 Å². The molecule has 3 rings (SSSR count). The van der Waals surface area contributed by atoms with Crippen molar-refractivity contribution in [2.24, 2.45) is 0 Å². The molecule has 28 heavy (non-hydrogen) atoms. The molecule has 0 aliphatic heterocycles. The molecule has 0 unspecified atom stereocenters. The van der Waals surface area contributed by atoms with Crippen LogP contribution in [0.15, 0.2) is 53.3 Å². The third-order valence-corrected chi connectivity index (χ3v) is 5.01. The first-order valence-corrected chi connectivity index (χ1v) is 9.32. The van der Waals surface area contributed by atoms with Gasteiger partial charge < -0.3 is 5.32 Å². The summed E-state index contributed by atoms with van der Waals surface area (Å²) in [6.45, 7) is 9.71. The predicted octanol–water partition coefficient (Wildman–Crippen LogP) is 4.34. The number of carbonyl (C=O) groups excluding carboxylic acids is 1. The first kappa shape index (κ1) is 19.5. The molecule has 0 saturated heterocycles. The van der Waals surface area contributed by atoms with Crippen LogP contribution in [0.25, 0.3) is 11.3 Å². The number of anilines is 1. The maximum Gasteiger partial charge on any atom is 0.267 e. The smallest absolute Gasteiger partial charge is 0.267 e. The lowest BCUT2D eigenvalue weighted by Gasteiger charge is -2.16. The van der Waals surface area contributed by atoms with E-state index in [0.717, 1.165) is 27.9 Å². The van der Waals surface area contributed by atoms with E-state index in [1.807, 2.05) is 64.1 Å². The summed E-state index contributed by atoms with van der Waals surface area (Å²) in [5.41, 5.74) is 6.45. The maximum absolute atomic E-state index is 12.7. The van der Waals surface area contributed by atoms with Crippen LogP contribution >= 0.6 is 0 Å². The molecule has 0 saturated carbocycles. The third-order valence-electron chi connectivity index (χ3n) is 5.01. The molecule has 1 heterocycles. The average molecular weight is 375 g/mol. The lowest BCUT2D eigenvalue weighted by atomic mass is 10.0. The zero-order valence-electron chi connectivity index (χ0n) is 16.9. The largest absolute Gasteiger partial charge is 0.324 e. The van der Waals surface area contributed by atoms with Gasteiger partial charge in [0.2, 0.25) is 5.91 Å². The summed E-state index contributed by atoms with van der Waals surface area (Å²) in [7, 11) is 0. The van der Waals surface area contributed by atoms with E-state index in [4.69, 9.17) is 0 Å². The Morgan fingerprint density at radius 1 is 0.929 bits per heavy atom. The second-order valence-corrected chi connectivity index (χ2v) is 7.28. The van der Waals surface area contributed by atoms with Gasteiger partial charge in [0.05, 0.1) is 5.69 Å². The fourth-order valence-electron chi connectivity index (χ4n) is 3.06. The molecule has 1 aromatic heterocycles. The van der Waals surface area contributed by atoms with Crippen molar-refractivity contribution >= 4 is 11.6 Å². The molecule has 1 amide bonds. The van der Waals surface area contributed by atoms with Crippen molar-refractivity contribution in [1.29, 1.82) is 0 Å². The number of hydrogen-bond donors (Lipinski definition) is 1. The Balaban J connectivity index is 1.90. The molecular formula is C23H25N3O2. The van der Waals surface area contributed by atoms with Gasteiger partial charge in [-0.1, -0.05) is 29.8 Å². The van der Waals surface area contributed by atoms with Crippen molar-refractivity contribution in [2.45, 2.75) is 40.7 Å². The van der Waals surface area contributed by atoms with Crippen LogP contribution in [0.2, 0.25) is 0 Å². The Bertz CT molecular complexity index is 1100. The summed E-state index contributed by atoms with van der Waals surface area (Å²) in [5, 5.41) is 7.36. The minimum absolute atomic E-state index is 0.279. The lowest BCUT2D eigenvalue weighted by Crippen LogP contribution is -2.33. The number of hydrogen-bond acceptors (Lipinski definition) is 3. The van der Waals surface area contributed by atoms with Crippen LogP contribution in [0.4, 0.5) is 5.69 Å². The number of nitrogens with one attached hydrogen (secondary N) is 1. The molecule has 0 radical (unpaired) electrons. The number of rotatable bonds is 4. The highest BCUT2D eigenvalue weighted by atomic mass is 16.2. The molecule has 0 spiro atoms. The molecule has 5 nitrogen and oxygen atoms in total. The van der Waals surface area contributed by atoms with Crippen molar-refractivity contribution < 1.29 is 4.79 Å². The highest BCUT2D eigenvalue weighted by molar-refractivity contribution is 5.94. The molecule has 0 aliphatic rings. The maximum atomic E-state index is 12.7. The van der Waals surface area contributed by atoms with E-state index in [1.54, 1.807) is 13.0 Å². The van der Waals surface area contributed by atoms with Gasteiger partial charge in [-0.2, -0.15) is 5.10 Å². The molecule has 1 atom stereocenters. The van der Waals surface area contributed by atoms with Gasteiger partial charge in [-0.05, 0) is 69.5 Å². The number of amides is 1. The highest BCUT2D eigenvalue weighted by Gasteiger charge is 2.19. The SMILES string of the molecule is Cc1ccc(NC(=O)[C@@H](C)n2nc(-c3ccc(C)c(C)c3)ccc2=O)c(C)c1. The summed E-state index contributed by atoms with van der Waals surface area (Å²) in [4.78, 5) is 25.1. The molecular weight excluding hydrogens is 350 g/mol. The van der Waals surface area contributed by atoms with E-state index < -0.39 is 6.04 Å². The van der Waals surface area contributed by atoms with E-state index in [0.29, 0.717) is 5.69 Å². The quantitative estimate of drug-likeness (QED) is 0.738. The highest BCUT2D eigenvalue weighted by Crippen LogP contribution is 2.21. The van der Waals surface area contributed by atoms with Crippen LogP contribution < -0.4 is 10.9 Å². The molecule has 5 heteroatoms. The molecule has 2 aromatic carbocycles. The minimum atomic E-state index is -0.736. The normalized spacial score (nSPS) is 11.9. The van der Waals surface area contributed by atoms with Gasteiger partial charge in [0.15, 0.2) is 0 Å². The van der Waals surface area contributed by atoms with Gasteiger partial charge >= 0.3 is 0 Å². The zero-order valence-corrected chi connectivity index (χ0v) is 16.9. The van der Waals surface area contributed by atoms with E-state index >= 15 is 0 Å². The third kappa shape index (κ3) is 4.03.